The topological polar surface area (TPSA) is 0 Å². The zero-order chi connectivity index (χ0) is 33.1. The van der Waals surface area contributed by atoms with Crippen LogP contribution < -0.4 is 0 Å². The first-order valence-corrected chi connectivity index (χ1v) is 17.0. The highest BCUT2D eigenvalue weighted by molar-refractivity contribution is 6.36. The second-order valence-electron chi connectivity index (χ2n) is 13.7. The maximum atomic E-state index is 2.36. The lowest BCUT2D eigenvalue weighted by atomic mass is 9.75. The lowest BCUT2D eigenvalue weighted by molar-refractivity contribution is 1.45. The third-order valence-corrected chi connectivity index (χ3v) is 10.2. The van der Waals surface area contributed by atoms with Gasteiger partial charge in [-0.1, -0.05) is 156 Å². The smallest absolute Gasteiger partial charge is 0.000731 e. The van der Waals surface area contributed by atoms with E-state index in [-0.39, 0.29) is 0 Å². The molecule has 0 aliphatic carbocycles. The number of rotatable bonds is 4. The molecule has 0 heteroatoms. The number of fused-ring (bicyclic) bond motifs is 6. The van der Waals surface area contributed by atoms with Crippen LogP contribution in [0.1, 0.15) is 33.4 Å². The van der Waals surface area contributed by atoms with E-state index in [1.54, 1.807) is 0 Å². The molecule has 0 aliphatic rings. The van der Waals surface area contributed by atoms with E-state index in [1.807, 2.05) is 0 Å². The third kappa shape index (κ3) is 4.83. The van der Waals surface area contributed by atoms with Crippen LogP contribution in [0.15, 0.2) is 133 Å². The first kappa shape index (κ1) is 29.9. The third-order valence-electron chi connectivity index (χ3n) is 10.2. The van der Waals surface area contributed by atoms with Crippen molar-refractivity contribution >= 4 is 32.3 Å². The molecule has 0 aromatic heterocycles. The van der Waals surface area contributed by atoms with E-state index in [0.29, 0.717) is 0 Å². The van der Waals surface area contributed by atoms with Gasteiger partial charge in [-0.25, -0.2) is 0 Å². The zero-order valence-electron chi connectivity index (χ0n) is 28.7. The van der Waals surface area contributed by atoms with Gasteiger partial charge in [0.25, 0.3) is 0 Å². The fourth-order valence-electron chi connectivity index (χ4n) is 7.74. The zero-order valence-corrected chi connectivity index (χ0v) is 28.7. The van der Waals surface area contributed by atoms with Crippen molar-refractivity contribution in [2.24, 2.45) is 0 Å². The van der Waals surface area contributed by atoms with Crippen LogP contribution in [0.4, 0.5) is 0 Å². The van der Waals surface area contributed by atoms with E-state index in [2.05, 4.69) is 175 Å². The highest BCUT2D eigenvalue weighted by atomic mass is 14.3. The Hall–Kier alpha value is -5.46. The Balaban J connectivity index is 1.78. The second kappa shape index (κ2) is 11.7. The molecule has 0 bridgehead atoms. The van der Waals surface area contributed by atoms with Crippen molar-refractivity contribution in [1.29, 1.82) is 0 Å². The van der Waals surface area contributed by atoms with Crippen molar-refractivity contribution < 1.29 is 0 Å². The molecule has 0 amide bonds. The summed E-state index contributed by atoms with van der Waals surface area (Å²) in [5.74, 6) is 0. The van der Waals surface area contributed by atoms with Crippen molar-refractivity contribution in [2.75, 3.05) is 0 Å². The van der Waals surface area contributed by atoms with Crippen molar-refractivity contribution in [1.82, 2.24) is 0 Å². The summed E-state index contributed by atoms with van der Waals surface area (Å²) >= 11 is 0. The van der Waals surface area contributed by atoms with E-state index in [1.165, 1.54) is 110 Å². The molecule has 8 rings (SSSR count). The summed E-state index contributed by atoms with van der Waals surface area (Å²) in [6, 6.07) is 50.4. The van der Waals surface area contributed by atoms with Crippen LogP contribution in [0.3, 0.4) is 0 Å². The fourth-order valence-corrected chi connectivity index (χ4v) is 7.74. The molecule has 0 N–H and O–H groups in total. The maximum Gasteiger partial charge on any atom is -0.000731 e. The average molecular weight is 617 g/mol. The van der Waals surface area contributed by atoms with E-state index in [9.17, 15) is 0 Å². The van der Waals surface area contributed by atoms with Crippen molar-refractivity contribution in [3.63, 3.8) is 0 Å². The van der Waals surface area contributed by atoms with Crippen LogP contribution >= 0.6 is 0 Å². The first-order valence-electron chi connectivity index (χ1n) is 17.0. The Kier molecular flexibility index (Phi) is 7.26. The second-order valence-corrected chi connectivity index (χ2v) is 13.7. The molecule has 0 atom stereocenters. The summed E-state index contributed by atoms with van der Waals surface area (Å²) < 4.78 is 0. The molecular weight excluding hydrogens is 577 g/mol. The van der Waals surface area contributed by atoms with Gasteiger partial charge >= 0.3 is 0 Å². The van der Waals surface area contributed by atoms with Gasteiger partial charge in [0, 0.05) is 0 Å². The van der Waals surface area contributed by atoms with Gasteiger partial charge in [0.15, 0.2) is 0 Å². The highest BCUT2D eigenvalue weighted by Gasteiger charge is 2.27. The van der Waals surface area contributed by atoms with Gasteiger partial charge in [-0.2, -0.15) is 0 Å². The van der Waals surface area contributed by atoms with Gasteiger partial charge in [-0.15, -0.1) is 0 Å². The predicted molar refractivity (Wildman–Crippen MR) is 209 cm³/mol. The van der Waals surface area contributed by atoms with E-state index < -0.39 is 0 Å². The normalized spacial score (nSPS) is 11.5. The van der Waals surface area contributed by atoms with E-state index >= 15 is 0 Å². The highest BCUT2D eigenvalue weighted by Crippen LogP contribution is 2.55. The average Bonchev–Trinajstić information content (AvgIpc) is 3.09. The summed E-state index contributed by atoms with van der Waals surface area (Å²) in [5, 5.41) is 7.94. The number of aryl methyl sites for hydroxylation is 6. The Bertz CT molecular complexity index is 2310. The predicted octanol–water partition coefficient (Wildman–Crippen LogP) is 13.7. The summed E-state index contributed by atoms with van der Waals surface area (Å²) in [6.45, 7) is 13.2. The standard InChI is InChI=1S/C48H40/c1-29-13-21-35(22-14-29)43-44(36-23-15-30(2)16-24-36)46(38-27-19-32(4)20-28-38)48-40-12-8-10-34(6)42(40)41-33(5)9-7-11-39(41)47(48)45(43)37-25-17-31(3)18-26-37/h7-28H,1-6H3. The SMILES string of the molecule is Cc1ccc(-c2c(-c3ccc(C)cc3)c(-c3ccc(C)cc3)c3c4cccc(C)c4c4c(C)cccc4c3c2-c2ccc(C)cc2)cc1. The largest absolute Gasteiger partial charge is 0.0613 e. The van der Waals surface area contributed by atoms with Crippen LogP contribution in [0.5, 0.6) is 0 Å². The summed E-state index contributed by atoms with van der Waals surface area (Å²) in [6.07, 6.45) is 0. The number of hydrogen-bond acceptors (Lipinski definition) is 0. The van der Waals surface area contributed by atoms with Crippen LogP contribution in [0.25, 0.3) is 76.8 Å². The van der Waals surface area contributed by atoms with Crippen LogP contribution in [0.2, 0.25) is 0 Å². The van der Waals surface area contributed by atoms with Crippen molar-refractivity contribution in [2.45, 2.75) is 41.5 Å². The van der Waals surface area contributed by atoms with Crippen LogP contribution in [-0.4, -0.2) is 0 Å². The van der Waals surface area contributed by atoms with Gasteiger partial charge in [0.1, 0.15) is 0 Å². The van der Waals surface area contributed by atoms with Gasteiger partial charge in [0.05, 0.1) is 0 Å². The van der Waals surface area contributed by atoms with Gasteiger partial charge in [-0.3, -0.25) is 0 Å². The minimum absolute atomic E-state index is 1.23. The van der Waals surface area contributed by atoms with E-state index in [0.717, 1.165) is 0 Å². The lowest BCUT2D eigenvalue weighted by Gasteiger charge is -2.27. The molecule has 0 nitrogen and oxygen atoms in total. The number of hydrogen-bond donors (Lipinski definition) is 0. The molecule has 8 aromatic rings. The maximum absolute atomic E-state index is 2.36. The molecule has 0 spiro atoms. The summed E-state index contributed by atoms with van der Waals surface area (Å²) in [7, 11) is 0. The van der Waals surface area contributed by atoms with Crippen molar-refractivity contribution in [3.8, 4) is 44.5 Å². The lowest BCUT2D eigenvalue weighted by Crippen LogP contribution is -2.00. The Morgan fingerprint density at radius 2 is 0.521 bits per heavy atom. The Morgan fingerprint density at radius 3 is 0.812 bits per heavy atom. The molecule has 48 heavy (non-hydrogen) atoms. The van der Waals surface area contributed by atoms with Gasteiger partial charge in [-0.05, 0) is 129 Å². The minimum Gasteiger partial charge on any atom is -0.0613 e. The number of benzene rings is 8. The van der Waals surface area contributed by atoms with Crippen molar-refractivity contribution in [3.05, 3.63) is 167 Å². The molecule has 0 unspecified atom stereocenters. The molecular formula is C48H40. The monoisotopic (exact) mass is 616 g/mol. The Labute approximate surface area is 284 Å². The van der Waals surface area contributed by atoms with Gasteiger partial charge in [0.2, 0.25) is 0 Å². The first-order chi connectivity index (χ1) is 23.3. The van der Waals surface area contributed by atoms with E-state index in [4.69, 9.17) is 0 Å². The molecule has 0 saturated carbocycles. The minimum atomic E-state index is 1.23. The molecule has 232 valence electrons. The molecule has 0 aliphatic heterocycles. The van der Waals surface area contributed by atoms with Crippen LogP contribution in [0, 0.1) is 41.5 Å². The van der Waals surface area contributed by atoms with Gasteiger partial charge < -0.3 is 0 Å². The summed E-state index contributed by atoms with van der Waals surface area (Å²) in [5.41, 5.74) is 17.7. The molecule has 0 fully saturated rings. The molecule has 0 saturated heterocycles. The van der Waals surface area contributed by atoms with Crippen LogP contribution in [-0.2, 0) is 0 Å². The molecule has 0 heterocycles. The molecule has 8 aromatic carbocycles. The molecule has 0 radical (unpaired) electrons. The summed E-state index contributed by atoms with van der Waals surface area (Å²) in [4.78, 5) is 0. The Morgan fingerprint density at radius 1 is 0.250 bits per heavy atom. The quantitative estimate of drug-likeness (QED) is 0.173. The fraction of sp³-hybridized carbons (Fsp3) is 0.125.